The van der Waals surface area contributed by atoms with Gasteiger partial charge in [0.2, 0.25) is 0 Å². The summed E-state index contributed by atoms with van der Waals surface area (Å²) in [5.41, 5.74) is 8.87. The number of nitrogens with two attached hydrogens (primary N) is 1. The van der Waals surface area contributed by atoms with E-state index >= 15 is 0 Å². The van der Waals surface area contributed by atoms with E-state index < -0.39 is 0 Å². The van der Waals surface area contributed by atoms with Gasteiger partial charge < -0.3 is 10.5 Å². The second kappa shape index (κ2) is 5.12. The van der Waals surface area contributed by atoms with E-state index in [1.54, 1.807) is 6.20 Å². The van der Waals surface area contributed by atoms with Crippen LogP contribution in [0.1, 0.15) is 11.1 Å². The number of nitrogens with zero attached hydrogens (tertiary/aromatic N) is 1. The van der Waals surface area contributed by atoms with Crippen LogP contribution in [0.5, 0.6) is 5.75 Å². The Hall–Kier alpha value is -2.33. The van der Waals surface area contributed by atoms with Gasteiger partial charge in [0.05, 0.1) is 11.7 Å². The highest BCUT2D eigenvalue weighted by molar-refractivity contribution is 5.79. The third-order valence-electron chi connectivity index (χ3n) is 3.04. The first-order valence-corrected chi connectivity index (χ1v) is 6.19. The first kappa shape index (κ1) is 11.7. The molecule has 2 aromatic carbocycles. The molecular weight excluding hydrogens is 238 g/mol. The van der Waals surface area contributed by atoms with Gasteiger partial charge in [0.25, 0.3) is 0 Å². The van der Waals surface area contributed by atoms with Crippen LogP contribution in [-0.2, 0) is 13.2 Å². The molecule has 3 rings (SSSR count). The summed E-state index contributed by atoms with van der Waals surface area (Å²) in [5, 5.41) is 7.95. The standard InChI is InChI=1S/C15H15N3O/c16-8-11-2-1-3-12(6-11)10-19-14-4-5-15-13(7-14)9-17-18-15/h1-7,9H,8,10,16H2,(H,17,18). The van der Waals surface area contributed by atoms with Gasteiger partial charge in [0, 0.05) is 11.9 Å². The van der Waals surface area contributed by atoms with Crippen molar-refractivity contribution in [1.29, 1.82) is 0 Å². The minimum atomic E-state index is 0.539. The third-order valence-corrected chi connectivity index (χ3v) is 3.04. The molecule has 19 heavy (non-hydrogen) atoms. The Morgan fingerprint density at radius 1 is 1.11 bits per heavy atom. The highest BCUT2D eigenvalue weighted by Gasteiger charge is 2.00. The summed E-state index contributed by atoms with van der Waals surface area (Å²) in [6.07, 6.45) is 1.79. The molecular formula is C15H15N3O. The lowest BCUT2D eigenvalue weighted by molar-refractivity contribution is 0.306. The van der Waals surface area contributed by atoms with Gasteiger partial charge in [-0.2, -0.15) is 5.10 Å². The van der Waals surface area contributed by atoms with Crippen molar-refractivity contribution in [2.45, 2.75) is 13.2 Å². The molecule has 0 radical (unpaired) electrons. The van der Waals surface area contributed by atoms with E-state index in [9.17, 15) is 0 Å². The molecule has 0 aliphatic rings. The Bertz CT molecular complexity index is 690. The van der Waals surface area contributed by atoms with Crippen LogP contribution in [0.4, 0.5) is 0 Å². The number of nitrogens with one attached hydrogen (secondary N) is 1. The van der Waals surface area contributed by atoms with Gasteiger partial charge in [0.1, 0.15) is 12.4 Å². The zero-order chi connectivity index (χ0) is 13.1. The van der Waals surface area contributed by atoms with Crippen LogP contribution in [0, 0.1) is 0 Å². The smallest absolute Gasteiger partial charge is 0.120 e. The van der Waals surface area contributed by atoms with Crippen molar-refractivity contribution in [1.82, 2.24) is 10.2 Å². The van der Waals surface area contributed by atoms with E-state index in [4.69, 9.17) is 10.5 Å². The molecule has 0 saturated heterocycles. The number of H-pyrrole nitrogens is 1. The average Bonchev–Trinajstić information content (AvgIpc) is 2.93. The first-order chi connectivity index (χ1) is 9.35. The van der Waals surface area contributed by atoms with Crippen molar-refractivity contribution in [2.24, 2.45) is 5.73 Å². The number of benzene rings is 2. The Kier molecular flexibility index (Phi) is 3.16. The van der Waals surface area contributed by atoms with Gasteiger partial charge >= 0.3 is 0 Å². The predicted octanol–water partition coefficient (Wildman–Crippen LogP) is 2.60. The second-order valence-corrected chi connectivity index (χ2v) is 4.43. The van der Waals surface area contributed by atoms with Crippen molar-refractivity contribution >= 4 is 10.9 Å². The zero-order valence-electron chi connectivity index (χ0n) is 10.5. The molecule has 0 bridgehead atoms. The van der Waals surface area contributed by atoms with Gasteiger partial charge in [-0.1, -0.05) is 24.3 Å². The number of ether oxygens (including phenoxy) is 1. The maximum atomic E-state index is 5.79. The van der Waals surface area contributed by atoms with Crippen LogP contribution in [0.2, 0.25) is 0 Å². The average molecular weight is 253 g/mol. The molecule has 1 aromatic heterocycles. The highest BCUT2D eigenvalue weighted by Crippen LogP contribution is 2.19. The van der Waals surface area contributed by atoms with Crippen molar-refractivity contribution in [3.8, 4) is 5.75 Å². The van der Waals surface area contributed by atoms with Crippen molar-refractivity contribution in [3.63, 3.8) is 0 Å². The largest absolute Gasteiger partial charge is 0.489 e. The van der Waals surface area contributed by atoms with Gasteiger partial charge in [0.15, 0.2) is 0 Å². The molecule has 4 nitrogen and oxygen atoms in total. The van der Waals surface area contributed by atoms with Gasteiger partial charge in [-0.15, -0.1) is 0 Å². The Morgan fingerprint density at radius 3 is 2.89 bits per heavy atom. The Balaban J connectivity index is 1.74. The number of aromatic amines is 1. The number of rotatable bonds is 4. The second-order valence-electron chi connectivity index (χ2n) is 4.43. The fraction of sp³-hybridized carbons (Fsp3) is 0.133. The highest BCUT2D eigenvalue weighted by atomic mass is 16.5. The van der Waals surface area contributed by atoms with Gasteiger partial charge in [-0.3, -0.25) is 5.10 Å². The molecule has 0 saturated carbocycles. The maximum Gasteiger partial charge on any atom is 0.120 e. The van der Waals surface area contributed by atoms with Crippen LogP contribution in [0.15, 0.2) is 48.7 Å². The lowest BCUT2D eigenvalue weighted by Crippen LogP contribution is -1.99. The van der Waals surface area contributed by atoms with Gasteiger partial charge in [-0.25, -0.2) is 0 Å². The number of hydrogen-bond donors (Lipinski definition) is 2. The Labute approximate surface area is 111 Å². The molecule has 0 aliphatic heterocycles. The van der Waals surface area contributed by atoms with E-state index in [0.29, 0.717) is 13.2 Å². The molecule has 0 atom stereocenters. The van der Waals surface area contributed by atoms with Crippen LogP contribution in [-0.4, -0.2) is 10.2 Å². The molecule has 3 aromatic rings. The first-order valence-electron chi connectivity index (χ1n) is 6.19. The molecule has 0 amide bonds. The molecule has 1 heterocycles. The SMILES string of the molecule is NCc1cccc(COc2ccc3[nH]ncc3c2)c1. The van der Waals surface area contributed by atoms with E-state index in [0.717, 1.165) is 27.8 Å². The van der Waals surface area contributed by atoms with Crippen LogP contribution >= 0.6 is 0 Å². The molecule has 0 aliphatic carbocycles. The molecule has 96 valence electrons. The zero-order valence-corrected chi connectivity index (χ0v) is 10.5. The van der Waals surface area contributed by atoms with Crippen molar-refractivity contribution < 1.29 is 4.74 Å². The third kappa shape index (κ3) is 2.58. The van der Waals surface area contributed by atoms with E-state index in [1.807, 2.05) is 36.4 Å². The summed E-state index contributed by atoms with van der Waals surface area (Å²) >= 11 is 0. The summed E-state index contributed by atoms with van der Waals surface area (Å²) < 4.78 is 5.79. The minimum Gasteiger partial charge on any atom is -0.489 e. The van der Waals surface area contributed by atoms with Crippen molar-refractivity contribution in [2.75, 3.05) is 0 Å². The summed E-state index contributed by atoms with van der Waals surface area (Å²) in [4.78, 5) is 0. The van der Waals surface area contributed by atoms with E-state index in [1.165, 1.54) is 0 Å². The molecule has 0 unspecified atom stereocenters. The maximum absolute atomic E-state index is 5.79. The molecule has 0 spiro atoms. The molecule has 0 fully saturated rings. The number of aromatic nitrogens is 2. The summed E-state index contributed by atoms with van der Waals surface area (Å²) in [6, 6.07) is 14.0. The fourth-order valence-corrected chi connectivity index (χ4v) is 2.02. The van der Waals surface area contributed by atoms with Crippen molar-refractivity contribution in [3.05, 3.63) is 59.8 Å². The summed E-state index contributed by atoms with van der Waals surface area (Å²) in [5.74, 6) is 0.840. The van der Waals surface area contributed by atoms with E-state index in [2.05, 4.69) is 16.3 Å². The number of hydrogen-bond acceptors (Lipinski definition) is 3. The Morgan fingerprint density at radius 2 is 2.00 bits per heavy atom. The topological polar surface area (TPSA) is 63.9 Å². The van der Waals surface area contributed by atoms with E-state index in [-0.39, 0.29) is 0 Å². The fourth-order valence-electron chi connectivity index (χ4n) is 2.02. The predicted molar refractivity (Wildman–Crippen MR) is 74.8 cm³/mol. The lowest BCUT2D eigenvalue weighted by Gasteiger charge is -2.07. The monoisotopic (exact) mass is 253 g/mol. The summed E-state index contributed by atoms with van der Waals surface area (Å²) in [7, 11) is 0. The quantitative estimate of drug-likeness (QED) is 0.751. The normalized spacial score (nSPS) is 10.8. The molecule has 4 heteroatoms. The van der Waals surface area contributed by atoms with Crippen LogP contribution < -0.4 is 10.5 Å². The number of fused-ring (bicyclic) bond motifs is 1. The lowest BCUT2D eigenvalue weighted by atomic mass is 10.1. The van der Waals surface area contributed by atoms with Crippen LogP contribution in [0.25, 0.3) is 10.9 Å². The summed E-state index contributed by atoms with van der Waals surface area (Å²) in [6.45, 7) is 1.09. The van der Waals surface area contributed by atoms with Crippen LogP contribution in [0.3, 0.4) is 0 Å². The molecule has 3 N–H and O–H groups in total. The minimum absolute atomic E-state index is 0.539. The van der Waals surface area contributed by atoms with Gasteiger partial charge in [-0.05, 0) is 29.3 Å².